The maximum atomic E-state index is 10.7. The third-order valence-electron chi connectivity index (χ3n) is 4.36. The maximum absolute atomic E-state index is 10.7. The van der Waals surface area contributed by atoms with Gasteiger partial charge in [0.25, 0.3) is 0 Å². The van der Waals surface area contributed by atoms with Crippen molar-refractivity contribution in [2.75, 3.05) is 7.11 Å². The predicted molar refractivity (Wildman–Crippen MR) is 118 cm³/mol. The molecule has 0 saturated heterocycles. The zero-order chi connectivity index (χ0) is 20.6. The van der Waals surface area contributed by atoms with Crippen molar-refractivity contribution in [3.8, 4) is 22.8 Å². The van der Waals surface area contributed by atoms with E-state index in [2.05, 4.69) is 5.10 Å². The molecule has 7 nitrogen and oxygen atoms in total. The Hall–Kier alpha value is -3.13. The minimum atomic E-state index is -0.849. The maximum Gasteiger partial charge on any atom is 0.303 e. The van der Waals surface area contributed by atoms with E-state index in [0.29, 0.717) is 19.6 Å². The number of hydrogen-bond donors (Lipinski definition) is 2. The third kappa shape index (κ3) is 6.45. The minimum Gasteiger partial charge on any atom is -0.497 e. The highest BCUT2D eigenvalue weighted by molar-refractivity contribution is 8.93. The molecule has 0 spiro atoms. The molecule has 0 radical (unpaired) electrons. The van der Waals surface area contributed by atoms with Crippen LogP contribution in [0.15, 0.2) is 60.7 Å². The number of methoxy groups -OCH3 is 1. The lowest BCUT2D eigenvalue weighted by molar-refractivity contribution is -0.137. The molecule has 0 unspecified atom stereocenters. The normalized spacial score (nSPS) is 10.2. The summed E-state index contributed by atoms with van der Waals surface area (Å²) in [7, 11) is 1.63. The van der Waals surface area contributed by atoms with Crippen LogP contribution in [-0.4, -0.2) is 28.0 Å². The zero-order valence-electron chi connectivity index (χ0n) is 16.6. The largest absolute Gasteiger partial charge is 0.497 e. The SMILES string of the molecule is Br.COc1cccc(COc2ccc(-c3ccc(=N)n(CCCC(=O)O)n3)cc2)c1. The lowest BCUT2D eigenvalue weighted by Gasteiger charge is -2.10. The number of aryl methyl sites for hydroxylation is 1. The van der Waals surface area contributed by atoms with Gasteiger partial charge in [-0.2, -0.15) is 5.10 Å². The Bertz CT molecular complexity index is 1040. The van der Waals surface area contributed by atoms with Crippen LogP contribution in [0.25, 0.3) is 11.3 Å². The highest BCUT2D eigenvalue weighted by Crippen LogP contribution is 2.21. The molecular weight excluding hydrogens is 450 g/mol. The van der Waals surface area contributed by atoms with E-state index in [1.807, 2.05) is 48.5 Å². The monoisotopic (exact) mass is 473 g/mol. The Labute approximate surface area is 185 Å². The molecule has 0 aliphatic heterocycles. The average molecular weight is 474 g/mol. The van der Waals surface area contributed by atoms with Crippen molar-refractivity contribution >= 4 is 23.0 Å². The fourth-order valence-electron chi connectivity index (χ4n) is 2.82. The molecule has 3 rings (SSSR count). The van der Waals surface area contributed by atoms with Crippen LogP contribution in [0.1, 0.15) is 18.4 Å². The molecule has 1 aromatic heterocycles. The number of carbonyl (C=O) groups is 1. The Morgan fingerprint density at radius 3 is 2.57 bits per heavy atom. The molecule has 2 N–H and O–H groups in total. The fraction of sp³-hybridized carbons (Fsp3) is 0.227. The summed E-state index contributed by atoms with van der Waals surface area (Å²) in [5, 5.41) is 21.2. The van der Waals surface area contributed by atoms with Gasteiger partial charge >= 0.3 is 5.97 Å². The van der Waals surface area contributed by atoms with Gasteiger partial charge in [0.15, 0.2) is 0 Å². The summed E-state index contributed by atoms with van der Waals surface area (Å²) in [4.78, 5) is 10.7. The second kappa shape index (κ2) is 11.2. The van der Waals surface area contributed by atoms with E-state index in [9.17, 15) is 4.79 Å². The topological polar surface area (TPSA) is 97.4 Å². The van der Waals surface area contributed by atoms with Crippen LogP contribution in [0.5, 0.6) is 11.5 Å². The van der Waals surface area contributed by atoms with Gasteiger partial charge in [0.05, 0.1) is 12.8 Å². The number of benzene rings is 2. The molecule has 0 aliphatic carbocycles. The first kappa shape index (κ1) is 23.2. The van der Waals surface area contributed by atoms with Crippen LogP contribution in [0.4, 0.5) is 0 Å². The summed E-state index contributed by atoms with van der Waals surface area (Å²) in [5.41, 5.74) is 2.88. The number of ether oxygens (including phenoxy) is 2. The average Bonchev–Trinajstić information content (AvgIpc) is 2.74. The summed E-state index contributed by atoms with van der Waals surface area (Å²) in [5.74, 6) is 0.683. The summed E-state index contributed by atoms with van der Waals surface area (Å²) < 4.78 is 12.6. The van der Waals surface area contributed by atoms with Crippen molar-refractivity contribution in [2.45, 2.75) is 26.0 Å². The molecule has 0 atom stereocenters. The highest BCUT2D eigenvalue weighted by Gasteiger charge is 2.05. The van der Waals surface area contributed by atoms with Gasteiger partial charge in [-0.05, 0) is 60.5 Å². The van der Waals surface area contributed by atoms with Crippen LogP contribution in [0.2, 0.25) is 0 Å². The minimum absolute atomic E-state index is 0. The van der Waals surface area contributed by atoms with Gasteiger partial charge in [-0.1, -0.05) is 12.1 Å². The second-order valence-corrected chi connectivity index (χ2v) is 6.49. The van der Waals surface area contributed by atoms with Gasteiger partial charge in [-0.15, -0.1) is 17.0 Å². The van der Waals surface area contributed by atoms with Crippen molar-refractivity contribution in [1.29, 1.82) is 5.41 Å². The molecule has 0 fully saturated rings. The molecule has 0 saturated carbocycles. The molecule has 30 heavy (non-hydrogen) atoms. The van der Waals surface area contributed by atoms with E-state index >= 15 is 0 Å². The van der Waals surface area contributed by atoms with Crippen LogP contribution in [0.3, 0.4) is 0 Å². The van der Waals surface area contributed by atoms with Crippen molar-refractivity contribution in [2.24, 2.45) is 0 Å². The Kier molecular flexibility index (Phi) is 8.61. The van der Waals surface area contributed by atoms with Crippen molar-refractivity contribution in [3.63, 3.8) is 0 Å². The first-order chi connectivity index (χ1) is 14.0. The number of aliphatic carboxylic acids is 1. The van der Waals surface area contributed by atoms with Crippen LogP contribution in [0, 0.1) is 5.41 Å². The van der Waals surface area contributed by atoms with Crippen LogP contribution >= 0.6 is 17.0 Å². The summed E-state index contributed by atoms with van der Waals surface area (Å²) in [6.07, 6.45) is 0.483. The number of halogens is 1. The van der Waals surface area contributed by atoms with Gasteiger partial charge in [-0.3, -0.25) is 10.2 Å². The fourth-order valence-corrected chi connectivity index (χ4v) is 2.82. The molecule has 0 aliphatic rings. The lowest BCUT2D eigenvalue weighted by atomic mass is 10.1. The van der Waals surface area contributed by atoms with E-state index in [-0.39, 0.29) is 28.9 Å². The van der Waals surface area contributed by atoms with E-state index in [0.717, 1.165) is 28.3 Å². The zero-order valence-corrected chi connectivity index (χ0v) is 18.3. The quantitative estimate of drug-likeness (QED) is 0.488. The third-order valence-corrected chi connectivity index (χ3v) is 4.36. The molecule has 158 valence electrons. The molecule has 2 aromatic carbocycles. The molecule has 1 heterocycles. The molecular formula is C22H24BrN3O4. The highest BCUT2D eigenvalue weighted by atomic mass is 79.9. The summed E-state index contributed by atoms with van der Waals surface area (Å²) in [6.45, 7) is 0.826. The predicted octanol–water partition coefficient (Wildman–Crippen LogP) is 4.06. The number of hydrogen-bond acceptors (Lipinski definition) is 5. The Morgan fingerprint density at radius 2 is 1.87 bits per heavy atom. The standard InChI is InChI=1S/C22H23N3O4.BrH/c1-28-19-5-2-4-16(14-19)15-29-18-9-7-17(8-10-18)20-11-12-21(23)25(24-20)13-3-6-22(26)27;/h2,4-5,7-12,14,23H,3,6,13,15H2,1H3,(H,26,27);1H. The molecule has 0 amide bonds. The first-order valence-electron chi connectivity index (χ1n) is 9.26. The van der Waals surface area contributed by atoms with E-state index in [4.69, 9.17) is 20.0 Å². The van der Waals surface area contributed by atoms with E-state index < -0.39 is 5.97 Å². The number of rotatable bonds is 9. The van der Waals surface area contributed by atoms with Crippen LogP contribution in [-0.2, 0) is 17.9 Å². The van der Waals surface area contributed by atoms with Gasteiger partial charge in [0, 0.05) is 18.5 Å². The number of carboxylic acid groups (broad SMARTS) is 1. The summed E-state index contributed by atoms with van der Waals surface area (Å²) in [6, 6.07) is 18.7. The summed E-state index contributed by atoms with van der Waals surface area (Å²) >= 11 is 0. The van der Waals surface area contributed by atoms with Gasteiger partial charge in [-0.25, -0.2) is 4.68 Å². The Morgan fingerprint density at radius 1 is 1.10 bits per heavy atom. The molecule has 8 heteroatoms. The second-order valence-electron chi connectivity index (χ2n) is 6.49. The number of nitrogens with zero attached hydrogens (tertiary/aromatic N) is 2. The number of nitrogens with one attached hydrogen (secondary N) is 1. The van der Waals surface area contributed by atoms with Crippen molar-refractivity contribution in [3.05, 3.63) is 71.7 Å². The van der Waals surface area contributed by atoms with Gasteiger partial charge < -0.3 is 14.6 Å². The smallest absolute Gasteiger partial charge is 0.303 e. The lowest BCUT2D eigenvalue weighted by Crippen LogP contribution is -2.22. The van der Waals surface area contributed by atoms with E-state index in [1.165, 1.54) is 4.68 Å². The van der Waals surface area contributed by atoms with Crippen LogP contribution < -0.4 is 15.0 Å². The molecule has 0 bridgehead atoms. The van der Waals surface area contributed by atoms with Crippen molar-refractivity contribution in [1.82, 2.24) is 9.78 Å². The number of aromatic nitrogens is 2. The van der Waals surface area contributed by atoms with Gasteiger partial charge in [0.1, 0.15) is 23.6 Å². The van der Waals surface area contributed by atoms with E-state index in [1.54, 1.807) is 19.2 Å². The van der Waals surface area contributed by atoms with Crippen molar-refractivity contribution < 1.29 is 19.4 Å². The molecule has 3 aromatic rings. The first-order valence-corrected chi connectivity index (χ1v) is 9.26. The van der Waals surface area contributed by atoms with Gasteiger partial charge in [0.2, 0.25) is 0 Å². The Balaban J connectivity index is 0.00000320. The number of carboxylic acids is 1.